The normalized spacial score (nSPS) is 18.2. The van der Waals surface area contributed by atoms with Gasteiger partial charge in [0.15, 0.2) is 0 Å². The summed E-state index contributed by atoms with van der Waals surface area (Å²) in [6, 6.07) is 19.7. The molecule has 1 fully saturated rings. The second kappa shape index (κ2) is 8.90. The van der Waals surface area contributed by atoms with E-state index in [1.54, 1.807) is 17.0 Å². The van der Waals surface area contributed by atoms with E-state index in [4.69, 9.17) is 0 Å². The second-order valence-corrected chi connectivity index (χ2v) is 10.1. The van der Waals surface area contributed by atoms with Crippen molar-refractivity contribution in [3.05, 3.63) is 66.7 Å². The van der Waals surface area contributed by atoms with Gasteiger partial charge in [-0.05, 0) is 36.1 Å². The lowest BCUT2D eigenvalue weighted by Gasteiger charge is -2.19. The Morgan fingerprint density at radius 3 is 2.65 bits per heavy atom. The quantitative estimate of drug-likeness (QED) is 0.589. The molecule has 2 amide bonds. The van der Waals surface area contributed by atoms with Crippen LogP contribution in [0.1, 0.15) is 19.3 Å². The van der Waals surface area contributed by atoms with Gasteiger partial charge in [0.25, 0.3) is 10.0 Å². The fourth-order valence-corrected chi connectivity index (χ4v) is 5.52. The van der Waals surface area contributed by atoms with Gasteiger partial charge in [-0.25, -0.2) is 8.42 Å². The number of hydrogen-bond donors (Lipinski definition) is 2. The number of sulfonamides is 1. The summed E-state index contributed by atoms with van der Waals surface area (Å²) < 4.78 is 27.9. The van der Waals surface area contributed by atoms with Crippen molar-refractivity contribution in [1.82, 2.24) is 4.72 Å². The number of carbonyl (C=O) groups is 2. The third-order valence-corrected chi connectivity index (χ3v) is 7.47. The van der Waals surface area contributed by atoms with Crippen LogP contribution in [-0.2, 0) is 19.6 Å². The largest absolute Gasteiger partial charge is 0.326 e. The van der Waals surface area contributed by atoms with Crippen LogP contribution >= 0.6 is 0 Å². The number of benzene rings is 3. The molecule has 2 N–H and O–H groups in total. The molecule has 1 atom stereocenters. The smallest absolute Gasteiger partial charge is 0.262 e. The van der Waals surface area contributed by atoms with Crippen molar-refractivity contribution >= 4 is 49.8 Å². The van der Waals surface area contributed by atoms with Crippen LogP contribution in [0.25, 0.3) is 10.8 Å². The van der Waals surface area contributed by atoms with E-state index in [0.29, 0.717) is 24.5 Å². The third kappa shape index (κ3) is 4.38. The minimum atomic E-state index is -3.79. The van der Waals surface area contributed by atoms with Crippen molar-refractivity contribution in [2.75, 3.05) is 23.3 Å². The van der Waals surface area contributed by atoms with Crippen molar-refractivity contribution in [3.63, 3.8) is 0 Å². The molecule has 8 nitrogen and oxygen atoms in total. The van der Waals surface area contributed by atoms with E-state index in [1.807, 2.05) is 42.5 Å². The molecule has 1 saturated heterocycles. The Morgan fingerprint density at radius 1 is 1.03 bits per heavy atom. The van der Waals surface area contributed by atoms with Crippen LogP contribution in [0.2, 0.25) is 0 Å². The van der Waals surface area contributed by atoms with Crippen molar-refractivity contribution < 1.29 is 18.0 Å². The molecule has 0 spiro atoms. The summed E-state index contributed by atoms with van der Waals surface area (Å²) in [5.41, 5.74) is 1.14. The van der Waals surface area contributed by atoms with Gasteiger partial charge in [0.2, 0.25) is 11.8 Å². The molecule has 3 aromatic carbocycles. The van der Waals surface area contributed by atoms with E-state index in [-0.39, 0.29) is 29.7 Å². The molecule has 0 saturated carbocycles. The molecule has 174 valence electrons. The van der Waals surface area contributed by atoms with Gasteiger partial charge < -0.3 is 10.2 Å². The standard InChI is InChI=1S/C25H24N4O4S/c30-24-14-18(16-29(24)22-11-3-7-17-6-1-2-10-21(17)22)25(31)27-19-8-4-9-20(15-19)34(32,33)28-23-12-5-13-26-23/h1-4,6-11,15,18H,5,12-14,16H2,(H,26,28)(H,27,31)/t18-/m1/s1. The lowest BCUT2D eigenvalue weighted by Crippen LogP contribution is -2.29. The van der Waals surface area contributed by atoms with Gasteiger partial charge in [0.05, 0.1) is 16.5 Å². The van der Waals surface area contributed by atoms with E-state index in [9.17, 15) is 18.0 Å². The topological polar surface area (TPSA) is 108 Å². The maximum atomic E-state index is 13.0. The number of anilines is 2. The zero-order valence-electron chi connectivity index (χ0n) is 18.4. The van der Waals surface area contributed by atoms with Gasteiger partial charge in [-0.3, -0.25) is 19.3 Å². The zero-order chi connectivity index (χ0) is 23.7. The molecule has 2 aliphatic rings. The number of nitrogens with one attached hydrogen (secondary N) is 2. The minimum absolute atomic E-state index is 0.0415. The number of amidine groups is 1. The summed E-state index contributed by atoms with van der Waals surface area (Å²) in [5.74, 6) is -0.529. The van der Waals surface area contributed by atoms with Gasteiger partial charge in [-0.2, -0.15) is 0 Å². The van der Waals surface area contributed by atoms with Crippen LogP contribution in [0.5, 0.6) is 0 Å². The summed E-state index contributed by atoms with van der Waals surface area (Å²) in [6.45, 7) is 0.877. The zero-order valence-corrected chi connectivity index (χ0v) is 19.2. The molecule has 2 aliphatic heterocycles. The molecule has 0 unspecified atom stereocenters. The molecule has 0 radical (unpaired) electrons. The maximum absolute atomic E-state index is 13.0. The SMILES string of the molecule is O=C(Nc1cccc(S(=O)(=O)NC2=NCCC2)c1)[C@@H]1CC(=O)N(c2cccc3ccccc23)C1. The fraction of sp³-hybridized carbons (Fsp3) is 0.240. The predicted molar refractivity (Wildman–Crippen MR) is 131 cm³/mol. The first-order valence-corrected chi connectivity index (χ1v) is 12.6. The number of nitrogens with zero attached hydrogens (tertiary/aromatic N) is 2. The highest BCUT2D eigenvalue weighted by Gasteiger charge is 2.35. The average molecular weight is 477 g/mol. The Kier molecular flexibility index (Phi) is 5.79. The molecule has 2 heterocycles. The molecule has 9 heteroatoms. The number of rotatable bonds is 5. The van der Waals surface area contributed by atoms with Gasteiger partial charge in [-0.1, -0.05) is 42.5 Å². The van der Waals surface area contributed by atoms with Gasteiger partial charge in [-0.15, -0.1) is 0 Å². The maximum Gasteiger partial charge on any atom is 0.262 e. The van der Waals surface area contributed by atoms with E-state index in [2.05, 4.69) is 15.0 Å². The summed E-state index contributed by atoms with van der Waals surface area (Å²) in [7, 11) is -3.79. The van der Waals surface area contributed by atoms with Gasteiger partial charge in [0.1, 0.15) is 5.84 Å². The molecule has 0 bridgehead atoms. The number of aliphatic imine (C=N–C) groups is 1. The van der Waals surface area contributed by atoms with E-state index in [1.165, 1.54) is 12.1 Å². The van der Waals surface area contributed by atoms with Crippen LogP contribution in [0.15, 0.2) is 76.6 Å². The molecule has 0 aliphatic carbocycles. The fourth-order valence-electron chi connectivity index (χ4n) is 4.38. The Balaban J connectivity index is 1.30. The van der Waals surface area contributed by atoms with Crippen molar-refractivity contribution in [2.45, 2.75) is 24.2 Å². The molecular formula is C25H24N4O4S. The summed E-state index contributed by atoms with van der Waals surface area (Å²) in [6.07, 6.45) is 1.51. The Morgan fingerprint density at radius 2 is 1.82 bits per heavy atom. The van der Waals surface area contributed by atoms with Crippen LogP contribution in [0, 0.1) is 5.92 Å². The van der Waals surface area contributed by atoms with E-state index in [0.717, 1.165) is 22.9 Å². The third-order valence-electron chi connectivity index (χ3n) is 6.09. The number of amides is 2. The van der Waals surface area contributed by atoms with Crippen LogP contribution in [-0.4, -0.2) is 39.2 Å². The Bertz CT molecular complexity index is 1410. The molecule has 3 aromatic rings. The van der Waals surface area contributed by atoms with E-state index < -0.39 is 15.9 Å². The van der Waals surface area contributed by atoms with Crippen molar-refractivity contribution in [2.24, 2.45) is 10.9 Å². The number of fused-ring (bicyclic) bond motifs is 1. The summed E-state index contributed by atoms with van der Waals surface area (Å²) in [5, 5.41) is 4.76. The lowest BCUT2D eigenvalue weighted by atomic mass is 10.1. The number of hydrogen-bond acceptors (Lipinski definition) is 5. The van der Waals surface area contributed by atoms with Gasteiger partial charge >= 0.3 is 0 Å². The van der Waals surface area contributed by atoms with Crippen LogP contribution < -0.4 is 14.9 Å². The van der Waals surface area contributed by atoms with Crippen LogP contribution in [0.4, 0.5) is 11.4 Å². The Hall–Kier alpha value is -3.72. The van der Waals surface area contributed by atoms with Crippen molar-refractivity contribution in [3.8, 4) is 0 Å². The number of carbonyl (C=O) groups excluding carboxylic acids is 2. The first-order valence-electron chi connectivity index (χ1n) is 11.2. The lowest BCUT2D eigenvalue weighted by molar-refractivity contribution is -0.122. The first kappa shape index (κ1) is 22.1. The summed E-state index contributed by atoms with van der Waals surface area (Å²) >= 11 is 0. The highest BCUT2D eigenvalue weighted by molar-refractivity contribution is 7.90. The molecule has 34 heavy (non-hydrogen) atoms. The minimum Gasteiger partial charge on any atom is -0.326 e. The predicted octanol–water partition coefficient (Wildman–Crippen LogP) is 3.30. The van der Waals surface area contributed by atoms with E-state index >= 15 is 0 Å². The first-order chi connectivity index (χ1) is 16.4. The molecule has 5 rings (SSSR count). The van der Waals surface area contributed by atoms with Gasteiger partial charge in [0, 0.05) is 37.0 Å². The second-order valence-electron chi connectivity index (χ2n) is 8.46. The van der Waals surface area contributed by atoms with Crippen molar-refractivity contribution in [1.29, 1.82) is 0 Å². The molecular weight excluding hydrogens is 452 g/mol. The monoisotopic (exact) mass is 476 g/mol. The van der Waals surface area contributed by atoms with Crippen LogP contribution in [0.3, 0.4) is 0 Å². The molecule has 0 aromatic heterocycles. The highest BCUT2D eigenvalue weighted by Crippen LogP contribution is 2.32. The highest BCUT2D eigenvalue weighted by atomic mass is 32.2. The Labute approximate surface area is 197 Å². The average Bonchev–Trinajstić information content (AvgIpc) is 3.48. The summed E-state index contributed by atoms with van der Waals surface area (Å²) in [4.78, 5) is 31.6.